The van der Waals surface area contributed by atoms with E-state index in [2.05, 4.69) is 12.2 Å². The van der Waals surface area contributed by atoms with Crippen LogP contribution >= 0.6 is 0 Å². The first-order valence-electron chi connectivity index (χ1n) is 5.79. The second-order valence-corrected chi connectivity index (χ2v) is 3.95. The number of hydrogen-bond donors (Lipinski definition) is 2. The number of hydrogen-bond acceptors (Lipinski definition) is 2. The van der Waals surface area contributed by atoms with Crippen LogP contribution in [0, 0.1) is 0 Å². The molecule has 0 radical (unpaired) electrons. The van der Waals surface area contributed by atoms with E-state index in [1.54, 1.807) is 6.07 Å². The van der Waals surface area contributed by atoms with Gasteiger partial charge in [-0.15, -0.1) is 0 Å². The Morgan fingerprint density at radius 3 is 2.76 bits per heavy atom. The van der Waals surface area contributed by atoms with Crippen molar-refractivity contribution < 1.29 is 9.59 Å². The molecule has 1 aromatic rings. The predicted molar refractivity (Wildman–Crippen MR) is 66.6 cm³/mol. The van der Waals surface area contributed by atoms with Crippen LogP contribution in [0.15, 0.2) is 24.3 Å². The van der Waals surface area contributed by atoms with Gasteiger partial charge in [-0.3, -0.25) is 9.59 Å². The molecule has 17 heavy (non-hydrogen) atoms. The molecule has 4 heteroatoms. The number of unbranched alkanes of at least 4 members (excludes halogenated alkanes) is 1. The number of nitrogens with two attached hydrogens (primary N) is 1. The largest absolute Gasteiger partial charge is 0.368 e. The van der Waals surface area contributed by atoms with Gasteiger partial charge >= 0.3 is 0 Å². The Hall–Kier alpha value is -1.84. The normalized spacial score (nSPS) is 9.94. The molecule has 3 N–H and O–H groups in total. The van der Waals surface area contributed by atoms with E-state index in [4.69, 9.17) is 5.73 Å². The number of benzene rings is 1. The molecule has 0 saturated carbocycles. The van der Waals surface area contributed by atoms with Crippen LogP contribution in [0.25, 0.3) is 0 Å². The van der Waals surface area contributed by atoms with E-state index in [-0.39, 0.29) is 12.5 Å². The number of aryl methyl sites for hydroxylation is 1. The summed E-state index contributed by atoms with van der Waals surface area (Å²) in [6.45, 7) is 2.00. The lowest BCUT2D eigenvalue weighted by Gasteiger charge is -2.05. The fraction of sp³-hybridized carbons (Fsp3) is 0.385. The highest BCUT2D eigenvalue weighted by molar-refractivity contribution is 5.96. The molecule has 0 atom stereocenters. The first-order chi connectivity index (χ1) is 8.13. The molecule has 92 valence electrons. The molecule has 0 saturated heterocycles. The first kappa shape index (κ1) is 13.2. The first-order valence-corrected chi connectivity index (χ1v) is 5.79. The van der Waals surface area contributed by atoms with Gasteiger partial charge in [0, 0.05) is 5.56 Å². The Morgan fingerprint density at radius 2 is 2.12 bits per heavy atom. The lowest BCUT2D eigenvalue weighted by Crippen LogP contribution is -2.33. The van der Waals surface area contributed by atoms with Gasteiger partial charge in [0.15, 0.2) is 0 Å². The maximum atomic E-state index is 11.7. The highest BCUT2D eigenvalue weighted by atomic mass is 16.2. The fourth-order valence-corrected chi connectivity index (χ4v) is 1.52. The van der Waals surface area contributed by atoms with Gasteiger partial charge in [0.05, 0.1) is 6.54 Å². The van der Waals surface area contributed by atoms with Crippen LogP contribution in [0.4, 0.5) is 0 Å². The van der Waals surface area contributed by atoms with Crippen molar-refractivity contribution in [2.24, 2.45) is 5.73 Å². The summed E-state index contributed by atoms with van der Waals surface area (Å²) in [4.78, 5) is 22.2. The zero-order chi connectivity index (χ0) is 12.7. The molecule has 0 aliphatic carbocycles. The van der Waals surface area contributed by atoms with E-state index in [0.717, 1.165) is 24.8 Å². The van der Waals surface area contributed by atoms with Crippen molar-refractivity contribution in [1.29, 1.82) is 0 Å². The molecule has 4 nitrogen and oxygen atoms in total. The Kier molecular flexibility index (Phi) is 5.20. The van der Waals surface area contributed by atoms with Crippen molar-refractivity contribution >= 4 is 11.8 Å². The molecule has 0 spiro atoms. The molecular formula is C13H18N2O2. The van der Waals surface area contributed by atoms with Crippen molar-refractivity contribution in [3.05, 3.63) is 35.4 Å². The van der Waals surface area contributed by atoms with Gasteiger partial charge in [-0.25, -0.2) is 0 Å². The van der Waals surface area contributed by atoms with E-state index in [0.29, 0.717) is 5.56 Å². The zero-order valence-electron chi connectivity index (χ0n) is 10.0. The van der Waals surface area contributed by atoms with E-state index < -0.39 is 5.91 Å². The third-order valence-electron chi connectivity index (χ3n) is 2.43. The van der Waals surface area contributed by atoms with E-state index in [1.165, 1.54) is 0 Å². The van der Waals surface area contributed by atoms with E-state index in [9.17, 15) is 9.59 Å². The maximum absolute atomic E-state index is 11.7. The highest BCUT2D eigenvalue weighted by Gasteiger charge is 2.06. The van der Waals surface area contributed by atoms with Crippen LogP contribution in [0.5, 0.6) is 0 Å². The minimum atomic E-state index is -0.541. The summed E-state index contributed by atoms with van der Waals surface area (Å²) in [6, 6.07) is 7.43. The number of carbonyl (C=O) groups excluding carboxylic acids is 2. The van der Waals surface area contributed by atoms with Gasteiger partial charge in [0.1, 0.15) is 0 Å². The van der Waals surface area contributed by atoms with Crippen molar-refractivity contribution in [1.82, 2.24) is 5.32 Å². The van der Waals surface area contributed by atoms with Crippen LogP contribution in [0.2, 0.25) is 0 Å². The molecule has 1 rings (SSSR count). The minimum Gasteiger partial charge on any atom is -0.368 e. The highest BCUT2D eigenvalue weighted by Crippen LogP contribution is 2.08. The minimum absolute atomic E-state index is 0.127. The second kappa shape index (κ2) is 6.68. The van der Waals surface area contributed by atoms with Gasteiger partial charge in [-0.05, 0) is 30.5 Å². The van der Waals surface area contributed by atoms with Crippen molar-refractivity contribution in [3.63, 3.8) is 0 Å². The molecule has 0 aromatic heterocycles. The summed E-state index contributed by atoms with van der Waals surface area (Å²) < 4.78 is 0. The summed E-state index contributed by atoms with van der Waals surface area (Å²) in [5, 5.41) is 2.47. The third-order valence-corrected chi connectivity index (χ3v) is 2.43. The molecule has 0 unspecified atom stereocenters. The summed E-state index contributed by atoms with van der Waals surface area (Å²) in [5.41, 5.74) is 6.67. The number of amides is 2. The fourth-order valence-electron chi connectivity index (χ4n) is 1.52. The van der Waals surface area contributed by atoms with Gasteiger partial charge in [-0.2, -0.15) is 0 Å². The third kappa shape index (κ3) is 4.68. The molecule has 0 fully saturated rings. The number of carbonyl (C=O) groups is 2. The summed E-state index contributed by atoms with van der Waals surface area (Å²) in [6.07, 6.45) is 3.19. The van der Waals surface area contributed by atoms with Gasteiger partial charge in [-0.1, -0.05) is 25.5 Å². The average molecular weight is 234 g/mol. The molecular weight excluding hydrogens is 216 g/mol. The molecule has 0 bridgehead atoms. The van der Waals surface area contributed by atoms with Crippen molar-refractivity contribution in [3.8, 4) is 0 Å². The SMILES string of the molecule is CCCCc1cccc(C(=O)NCC(N)=O)c1. The van der Waals surface area contributed by atoms with Crippen molar-refractivity contribution in [2.75, 3.05) is 6.54 Å². The standard InChI is InChI=1S/C13H18N2O2/c1-2-3-5-10-6-4-7-11(8-10)13(17)15-9-12(14)16/h4,6-8H,2-3,5,9H2,1H3,(H2,14,16)(H,15,17). The lowest BCUT2D eigenvalue weighted by atomic mass is 10.1. The number of nitrogens with one attached hydrogen (secondary N) is 1. The van der Waals surface area contributed by atoms with Crippen LogP contribution < -0.4 is 11.1 Å². The van der Waals surface area contributed by atoms with Gasteiger partial charge in [0.2, 0.25) is 5.91 Å². The number of primary amides is 1. The quantitative estimate of drug-likeness (QED) is 0.777. The molecule has 0 aliphatic rings. The van der Waals surface area contributed by atoms with Crippen LogP contribution in [-0.4, -0.2) is 18.4 Å². The Morgan fingerprint density at radius 1 is 1.35 bits per heavy atom. The zero-order valence-corrected chi connectivity index (χ0v) is 10.0. The molecule has 2 amide bonds. The van der Waals surface area contributed by atoms with Crippen LogP contribution in [0.1, 0.15) is 35.7 Å². The van der Waals surface area contributed by atoms with E-state index in [1.807, 2.05) is 18.2 Å². The lowest BCUT2D eigenvalue weighted by molar-refractivity contribution is -0.117. The van der Waals surface area contributed by atoms with Crippen molar-refractivity contribution in [2.45, 2.75) is 26.2 Å². The van der Waals surface area contributed by atoms with Gasteiger partial charge in [0.25, 0.3) is 5.91 Å². The second-order valence-electron chi connectivity index (χ2n) is 3.95. The summed E-state index contributed by atoms with van der Waals surface area (Å²) >= 11 is 0. The predicted octanol–water partition coefficient (Wildman–Crippen LogP) is 1.24. The topological polar surface area (TPSA) is 72.2 Å². The molecule has 0 aliphatic heterocycles. The van der Waals surface area contributed by atoms with Gasteiger partial charge < -0.3 is 11.1 Å². The number of rotatable bonds is 6. The Labute approximate surface area is 101 Å². The van der Waals surface area contributed by atoms with Crippen LogP contribution in [-0.2, 0) is 11.2 Å². The van der Waals surface area contributed by atoms with Crippen LogP contribution in [0.3, 0.4) is 0 Å². The van der Waals surface area contributed by atoms with E-state index >= 15 is 0 Å². The monoisotopic (exact) mass is 234 g/mol. The average Bonchev–Trinajstić information content (AvgIpc) is 2.33. The summed E-state index contributed by atoms with van der Waals surface area (Å²) in [5.74, 6) is -0.803. The smallest absolute Gasteiger partial charge is 0.251 e. The Bertz CT molecular complexity index is 402. The Balaban J connectivity index is 2.63. The summed E-state index contributed by atoms with van der Waals surface area (Å²) in [7, 11) is 0. The molecule has 1 aromatic carbocycles. The maximum Gasteiger partial charge on any atom is 0.251 e. The molecule has 0 heterocycles.